The molecule has 3 atom stereocenters. The lowest BCUT2D eigenvalue weighted by Gasteiger charge is -2.38. The maximum absolute atomic E-state index is 13.8. The van der Waals surface area contributed by atoms with Crippen molar-refractivity contribution in [3.8, 4) is 0 Å². The first-order chi connectivity index (χ1) is 14.5. The Labute approximate surface area is 182 Å². The molecule has 0 unspecified atom stereocenters. The Balaban J connectivity index is 1.88. The summed E-state index contributed by atoms with van der Waals surface area (Å²) in [5.41, 5.74) is 2.26. The molecule has 156 valence electrons. The zero-order valence-corrected chi connectivity index (χ0v) is 18.4. The van der Waals surface area contributed by atoms with Gasteiger partial charge < -0.3 is 14.8 Å². The van der Waals surface area contributed by atoms with Gasteiger partial charge in [0.15, 0.2) is 5.78 Å². The van der Waals surface area contributed by atoms with Crippen LogP contribution in [0.5, 0.6) is 0 Å². The van der Waals surface area contributed by atoms with E-state index < -0.39 is 23.8 Å². The Hall–Kier alpha value is -2.71. The van der Waals surface area contributed by atoms with Crippen LogP contribution >= 0.6 is 22.7 Å². The van der Waals surface area contributed by atoms with Gasteiger partial charge in [-0.05, 0) is 36.2 Å². The zero-order chi connectivity index (χ0) is 21.4. The summed E-state index contributed by atoms with van der Waals surface area (Å²) in [5.74, 6) is -3.19. The third-order valence-electron chi connectivity index (χ3n) is 5.62. The molecule has 0 aromatic carbocycles. The van der Waals surface area contributed by atoms with Crippen molar-refractivity contribution >= 4 is 40.4 Å². The first-order valence-electron chi connectivity index (χ1n) is 9.45. The highest BCUT2D eigenvalue weighted by molar-refractivity contribution is 7.10. The van der Waals surface area contributed by atoms with E-state index in [1.54, 1.807) is 0 Å². The number of rotatable bonds is 4. The molecule has 8 heteroatoms. The van der Waals surface area contributed by atoms with Crippen molar-refractivity contribution in [3.63, 3.8) is 0 Å². The van der Waals surface area contributed by atoms with E-state index in [2.05, 4.69) is 5.32 Å². The molecule has 2 aliphatic rings. The topological polar surface area (TPSA) is 81.7 Å². The lowest BCUT2D eigenvalue weighted by atomic mass is 9.69. The standard InChI is InChI=1S/C22H21NO5S2/c1-11-16(21(25)27-2)19(15-7-5-9-30-15)18-13(23-11)10-12(14-6-4-8-29-14)17(20(18)24)22(26)28-3/h4-9,12,17,19,23H,10H2,1-3H3/t12-,17-,19+/m0/s1. The number of allylic oxidation sites excluding steroid dienone is 3. The normalized spacial score (nSPS) is 23.7. The summed E-state index contributed by atoms with van der Waals surface area (Å²) in [4.78, 5) is 40.9. The number of ketones is 1. The van der Waals surface area contributed by atoms with Crippen molar-refractivity contribution in [1.82, 2.24) is 5.32 Å². The molecule has 3 heterocycles. The third-order valence-corrected chi connectivity index (χ3v) is 7.56. The first-order valence-corrected chi connectivity index (χ1v) is 11.2. The number of esters is 2. The minimum absolute atomic E-state index is 0.304. The number of dihydropyridines is 1. The van der Waals surface area contributed by atoms with Crippen molar-refractivity contribution in [1.29, 1.82) is 0 Å². The van der Waals surface area contributed by atoms with Gasteiger partial charge in [0.05, 0.1) is 25.7 Å². The highest BCUT2D eigenvalue weighted by Crippen LogP contribution is 2.49. The molecule has 0 saturated carbocycles. The van der Waals surface area contributed by atoms with E-state index in [-0.39, 0.29) is 11.7 Å². The Bertz CT molecular complexity index is 1050. The SMILES string of the molecule is COC(=O)C1=C(C)NC2=C(C(=O)[C@@H](C(=O)OC)[C@H](c3cccs3)C2)[C@@H]1c1cccs1. The molecule has 1 aliphatic carbocycles. The van der Waals surface area contributed by atoms with Gasteiger partial charge in [0.2, 0.25) is 0 Å². The molecule has 2 aromatic rings. The Morgan fingerprint density at radius 2 is 1.73 bits per heavy atom. The van der Waals surface area contributed by atoms with E-state index in [1.165, 1.54) is 36.9 Å². The Kier molecular flexibility index (Phi) is 5.62. The first kappa shape index (κ1) is 20.6. The van der Waals surface area contributed by atoms with E-state index in [9.17, 15) is 14.4 Å². The van der Waals surface area contributed by atoms with E-state index in [0.29, 0.717) is 23.3 Å². The van der Waals surface area contributed by atoms with Gasteiger partial charge in [-0.3, -0.25) is 9.59 Å². The van der Waals surface area contributed by atoms with Crippen LogP contribution in [0.1, 0.15) is 34.9 Å². The van der Waals surface area contributed by atoms with E-state index in [4.69, 9.17) is 9.47 Å². The smallest absolute Gasteiger partial charge is 0.336 e. The molecule has 1 aliphatic heterocycles. The number of hydrogen-bond donors (Lipinski definition) is 1. The maximum Gasteiger partial charge on any atom is 0.336 e. The summed E-state index contributed by atoms with van der Waals surface area (Å²) in [6, 6.07) is 7.62. The number of hydrogen-bond acceptors (Lipinski definition) is 8. The lowest BCUT2D eigenvalue weighted by Crippen LogP contribution is -2.43. The van der Waals surface area contributed by atoms with Crippen molar-refractivity contribution in [2.75, 3.05) is 14.2 Å². The number of methoxy groups -OCH3 is 2. The average molecular weight is 444 g/mol. The number of nitrogens with one attached hydrogen (secondary N) is 1. The third kappa shape index (κ3) is 3.30. The minimum Gasteiger partial charge on any atom is -0.468 e. The monoisotopic (exact) mass is 443 g/mol. The average Bonchev–Trinajstić information content (AvgIpc) is 3.45. The van der Waals surface area contributed by atoms with Crippen LogP contribution in [-0.4, -0.2) is 31.9 Å². The largest absolute Gasteiger partial charge is 0.468 e. The van der Waals surface area contributed by atoms with Crippen LogP contribution in [0.15, 0.2) is 57.6 Å². The van der Waals surface area contributed by atoms with Gasteiger partial charge in [-0.1, -0.05) is 12.1 Å². The summed E-state index contributed by atoms with van der Waals surface area (Å²) in [6.45, 7) is 1.81. The van der Waals surface area contributed by atoms with Crippen molar-refractivity contribution in [3.05, 3.63) is 67.3 Å². The number of carbonyl (C=O) groups is 3. The Morgan fingerprint density at radius 3 is 2.30 bits per heavy atom. The molecule has 0 saturated heterocycles. The van der Waals surface area contributed by atoms with Crippen LogP contribution in [0.2, 0.25) is 0 Å². The predicted molar refractivity (Wildman–Crippen MR) is 114 cm³/mol. The molecule has 4 rings (SSSR count). The molecule has 30 heavy (non-hydrogen) atoms. The molecule has 0 amide bonds. The zero-order valence-electron chi connectivity index (χ0n) is 16.8. The Morgan fingerprint density at radius 1 is 1.07 bits per heavy atom. The van der Waals surface area contributed by atoms with Crippen molar-refractivity contribution < 1.29 is 23.9 Å². The molecule has 1 N–H and O–H groups in total. The fourth-order valence-corrected chi connectivity index (χ4v) is 6.03. The number of carbonyl (C=O) groups excluding carboxylic acids is 3. The molecular weight excluding hydrogens is 422 g/mol. The molecule has 0 bridgehead atoms. The van der Waals surface area contributed by atoms with Gasteiger partial charge in [-0.2, -0.15) is 0 Å². The van der Waals surface area contributed by atoms with Crippen molar-refractivity contribution in [2.45, 2.75) is 25.2 Å². The van der Waals surface area contributed by atoms with Gasteiger partial charge in [0.25, 0.3) is 0 Å². The van der Waals surface area contributed by atoms with E-state index in [1.807, 2.05) is 41.9 Å². The highest BCUT2D eigenvalue weighted by atomic mass is 32.1. The van der Waals surface area contributed by atoms with Crippen LogP contribution in [0.4, 0.5) is 0 Å². The second-order valence-electron chi connectivity index (χ2n) is 7.19. The predicted octanol–water partition coefficient (Wildman–Crippen LogP) is 3.74. The summed E-state index contributed by atoms with van der Waals surface area (Å²) >= 11 is 2.98. The van der Waals surface area contributed by atoms with Crippen LogP contribution in [0, 0.1) is 5.92 Å². The van der Waals surface area contributed by atoms with Crippen LogP contribution in [0.3, 0.4) is 0 Å². The van der Waals surface area contributed by atoms with Gasteiger partial charge in [0, 0.05) is 32.6 Å². The van der Waals surface area contributed by atoms with Gasteiger partial charge >= 0.3 is 11.9 Å². The quantitative estimate of drug-likeness (QED) is 0.573. The fraction of sp³-hybridized carbons (Fsp3) is 0.318. The van der Waals surface area contributed by atoms with E-state index >= 15 is 0 Å². The molecule has 6 nitrogen and oxygen atoms in total. The summed E-state index contributed by atoms with van der Waals surface area (Å²) in [7, 11) is 2.62. The summed E-state index contributed by atoms with van der Waals surface area (Å²) in [6.07, 6.45) is 0.481. The second kappa shape index (κ2) is 8.20. The molecular formula is C22H21NO5S2. The van der Waals surface area contributed by atoms with Crippen molar-refractivity contribution in [2.24, 2.45) is 5.92 Å². The highest BCUT2D eigenvalue weighted by Gasteiger charge is 2.49. The van der Waals surface area contributed by atoms with Gasteiger partial charge in [-0.25, -0.2) is 4.79 Å². The number of Topliss-reactive ketones (excluding diaryl/α,β-unsaturated/α-hetero) is 1. The summed E-state index contributed by atoms with van der Waals surface area (Å²) in [5, 5.41) is 7.11. The van der Waals surface area contributed by atoms with Gasteiger partial charge in [0.1, 0.15) is 5.92 Å². The molecule has 0 radical (unpaired) electrons. The minimum atomic E-state index is -0.950. The molecule has 0 fully saturated rings. The fourth-order valence-electron chi connectivity index (χ4n) is 4.32. The second-order valence-corrected chi connectivity index (χ2v) is 9.15. The van der Waals surface area contributed by atoms with Crippen LogP contribution < -0.4 is 5.32 Å². The maximum atomic E-state index is 13.8. The van der Waals surface area contributed by atoms with Crippen LogP contribution in [0.25, 0.3) is 0 Å². The lowest BCUT2D eigenvalue weighted by molar-refractivity contribution is -0.149. The van der Waals surface area contributed by atoms with Gasteiger partial charge in [-0.15, -0.1) is 22.7 Å². The summed E-state index contributed by atoms with van der Waals surface area (Å²) < 4.78 is 10.0. The molecule has 2 aromatic heterocycles. The van der Waals surface area contributed by atoms with E-state index in [0.717, 1.165) is 15.5 Å². The number of ether oxygens (including phenoxy) is 2. The molecule has 0 spiro atoms. The number of thiophene rings is 2. The van der Waals surface area contributed by atoms with Crippen LogP contribution in [-0.2, 0) is 23.9 Å².